The van der Waals surface area contributed by atoms with Crippen LogP contribution < -0.4 is 10.2 Å². The summed E-state index contributed by atoms with van der Waals surface area (Å²) in [4.78, 5) is 26.7. The minimum absolute atomic E-state index is 0.0394. The first-order chi connectivity index (χ1) is 15.0. The molecule has 1 aliphatic rings. The number of thioether (sulfide) groups is 1. The summed E-state index contributed by atoms with van der Waals surface area (Å²) >= 11 is 1.64. The lowest BCUT2D eigenvalue weighted by atomic mass is 10.1. The molecule has 0 spiro atoms. The van der Waals surface area contributed by atoms with E-state index in [4.69, 9.17) is 0 Å². The molecular formula is C26H34N2O2S. The second kappa shape index (κ2) is 11.4. The van der Waals surface area contributed by atoms with Crippen molar-refractivity contribution in [2.24, 2.45) is 0 Å². The molecule has 1 heterocycles. The summed E-state index contributed by atoms with van der Waals surface area (Å²) in [5, 5.41) is 2.96. The summed E-state index contributed by atoms with van der Waals surface area (Å²) in [6, 6.07) is 14.1. The summed E-state index contributed by atoms with van der Waals surface area (Å²) in [6.07, 6.45) is 7.64. The highest BCUT2D eigenvalue weighted by Gasteiger charge is 2.34. The number of hydrogen-bond acceptors (Lipinski definition) is 3. The summed E-state index contributed by atoms with van der Waals surface area (Å²) in [5.74, 6) is 0.689. The molecule has 166 valence electrons. The van der Waals surface area contributed by atoms with E-state index in [-0.39, 0.29) is 17.2 Å². The molecule has 2 amide bonds. The molecule has 3 rings (SSSR count). The van der Waals surface area contributed by atoms with Crippen molar-refractivity contribution in [2.45, 2.75) is 71.1 Å². The Labute approximate surface area is 190 Å². The number of amides is 2. The third-order valence-electron chi connectivity index (χ3n) is 5.87. The molecule has 4 nitrogen and oxygen atoms in total. The topological polar surface area (TPSA) is 49.4 Å². The van der Waals surface area contributed by atoms with Crippen LogP contribution in [0.5, 0.6) is 0 Å². The number of nitrogens with one attached hydrogen (secondary N) is 1. The van der Waals surface area contributed by atoms with Crippen molar-refractivity contribution in [1.82, 2.24) is 0 Å². The second-order valence-corrected chi connectivity index (χ2v) is 9.45. The summed E-state index contributed by atoms with van der Waals surface area (Å²) in [7, 11) is 0. The van der Waals surface area contributed by atoms with Gasteiger partial charge < -0.3 is 5.32 Å². The van der Waals surface area contributed by atoms with Gasteiger partial charge in [0.2, 0.25) is 11.8 Å². The molecule has 1 fully saturated rings. The fourth-order valence-electron chi connectivity index (χ4n) is 3.85. The summed E-state index contributed by atoms with van der Waals surface area (Å²) in [5.41, 5.74) is 5.24. The number of anilines is 2. The van der Waals surface area contributed by atoms with Gasteiger partial charge in [0.05, 0.1) is 5.75 Å². The van der Waals surface area contributed by atoms with Crippen LogP contribution in [0.3, 0.4) is 0 Å². The summed E-state index contributed by atoms with van der Waals surface area (Å²) < 4.78 is 0. The Kier molecular flexibility index (Phi) is 8.59. The number of aryl methyl sites for hydroxylation is 2. The van der Waals surface area contributed by atoms with Crippen molar-refractivity contribution in [1.29, 1.82) is 0 Å². The van der Waals surface area contributed by atoms with Gasteiger partial charge >= 0.3 is 0 Å². The number of hydrogen-bond donors (Lipinski definition) is 1. The molecule has 0 radical (unpaired) electrons. The number of carbonyl (C=O) groups excluding carboxylic acids is 2. The maximum absolute atomic E-state index is 12.6. The fourth-order valence-corrected chi connectivity index (χ4v) is 5.02. The third kappa shape index (κ3) is 6.36. The fraction of sp³-hybridized carbons (Fsp3) is 0.462. The SMILES string of the molecule is CCCCCCCCC(=O)Nc1ccc([C@@H]2SCC(=O)N2c2ccc(C)c(C)c2)cc1. The van der Waals surface area contributed by atoms with Crippen molar-refractivity contribution in [3.8, 4) is 0 Å². The molecule has 1 atom stereocenters. The highest BCUT2D eigenvalue weighted by Crippen LogP contribution is 2.42. The van der Waals surface area contributed by atoms with E-state index < -0.39 is 0 Å². The van der Waals surface area contributed by atoms with Gasteiger partial charge in [0.1, 0.15) is 5.37 Å². The van der Waals surface area contributed by atoms with Gasteiger partial charge in [-0.25, -0.2) is 0 Å². The minimum Gasteiger partial charge on any atom is -0.326 e. The van der Waals surface area contributed by atoms with Crippen LogP contribution in [0.4, 0.5) is 11.4 Å². The van der Waals surface area contributed by atoms with Crippen LogP contribution in [0.25, 0.3) is 0 Å². The lowest BCUT2D eigenvalue weighted by Crippen LogP contribution is -2.27. The molecule has 1 aliphatic heterocycles. The monoisotopic (exact) mass is 438 g/mol. The average Bonchev–Trinajstić information content (AvgIpc) is 3.14. The molecule has 2 aromatic carbocycles. The van der Waals surface area contributed by atoms with Crippen molar-refractivity contribution in [3.63, 3.8) is 0 Å². The Bertz CT molecular complexity index is 895. The predicted molar refractivity (Wildman–Crippen MR) is 132 cm³/mol. The van der Waals surface area contributed by atoms with E-state index in [0.717, 1.165) is 29.8 Å². The van der Waals surface area contributed by atoms with Gasteiger partial charge in [-0.15, -0.1) is 11.8 Å². The lowest BCUT2D eigenvalue weighted by Gasteiger charge is -2.25. The smallest absolute Gasteiger partial charge is 0.238 e. The molecule has 0 unspecified atom stereocenters. The Morgan fingerprint density at radius 2 is 1.71 bits per heavy atom. The van der Waals surface area contributed by atoms with E-state index in [1.165, 1.54) is 36.8 Å². The maximum Gasteiger partial charge on any atom is 0.238 e. The Morgan fingerprint density at radius 1 is 1.00 bits per heavy atom. The molecular weight excluding hydrogens is 404 g/mol. The van der Waals surface area contributed by atoms with Gasteiger partial charge in [-0.3, -0.25) is 14.5 Å². The Morgan fingerprint density at radius 3 is 2.42 bits per heavy atom. The minimum atomic E-state index is -0.0394. The Balaban J connectivity index is 1.58. The van der Waals surface area contributed by atoms with Crippen LogP contribution in [0, 0.1) is 13.8 Å². The predicted octanol–water partition coefficient (Wildman–Crippen LogP) is 6.77. The maximum atomic E-state index is 12.6. The molecule has 0 bridgehead atoms. The number of carbonyl (C=O) groups is 2. The Hall–Kier alpha value is -2.27. The average molecular weight is 439 g/mol. The van der Waals surface area contributed by atoms with E-state index in [9.17, 15) is 9.59 Å². The highest BCUT2D eigenvalue weighted by molar-refractivity contribution is 8.00. The van der Waals surface area contributed by atoms with Gasteiger partial charge in [-0.05, 0) is 61.2 Å². The summed E-state index contributed by atoms with van der Waals surface area (Å²) in [6.45, 7) is 6.36. The van der Waals surface area contributed by atoms with Crippen LogP contribution >= 0.6 is 11.8 Å². The standard InChI is InChI=1S/C26H34N2O2S/c1-4-5-6-7-8-9-10-24(29)27-22-14-12-21(13-15-22)26-28(25(30)18-31-26)23-16-11-19(2)20(3)17-23/h11-17,26H,4-10,18H2,1-3H3,(H,27,29)/t26-/m0/s1. The van der Waals surface area contributed by atoms with Crippen molar-refractivity contribution < 1.29 is 9.59 Å². The molecule has 2 aromatic rings. The van der Waals surface area contributed by atoms with E-state index >= 15 is 0 Å². The second-order valence-electron chi connectivity index (χ2n) is 8.38. The normalized spacial score (nSPS) is 16.0. The highest BCUT2D eigenvalue weighted by atomic mass is 32.2. The number of unbranched alkanes of at least 4 members (excludes halogenated alkanes) is 5. The van der Waals surface area contributed by atoms with Gasteiger partial charge in [0.15, 0.2) is 0 Å². The van der Waals surface area contributed by atoms with Gasteiger partial charge in [0.25, 0.3) is 0 Å². The van der Waals surface area contributed by atoms with Crippen LogP contribution in [0.1, 0.15) is 73.9 Å². The van der Waals surface area contributed by atoms with Crippen LogP contribution in [0.2, 0.25) is 0 Å². The van der Waals surface area contributed by atoms with Gasteiger partial charge in [-0.1, -0.05) is 57.2 Å². The number of rotatable bonds is 10. The zero-order chi connectivity index (χ0) is 22.2. The lowest BCUT2D eigenvalue weighted by molar-refractivity contribution is -0.116. The molecule has 0 aromatic heterocycles. The van der Waals surface area contributed by atoms with E-state index in [0.29, 0.717) is 12.2 Å². The van der Waals surface area contributed by atoms with Crippen molar-refractivity contribution in [3.05, 3.63) is 59.2 Å². The van der Waals surface area contributed by atoms with Gasteiger partial charge in [0, 0.05) is 17.8 Å². The first-order valence-electron chi connectivity index (χ1n) is 11.4. The van der Waals surface area contributed by atoms with Crippen LogP contribution in [-0.2, 0) is 9.59 Å². The molecule has 0 saturated carbocycles. The quantitative estimate of drug-likeness (QED) is 0.416. The first kappa shape index (κ1) is 23.4. The van der Waals surface area contributed by atoms with Crippen molar-refractivity contribution in [2.75, 3.05) is 16.0 Å². The zero-order valence-corrected chi connectivity index (χ0v) is 19.8. The van der Waals surface area contributed by atoms with E-state index in [2.05, 4.69) is 38.2 Å². The van der Waals surface area contributed by atoms with Crippen LogP contribution in [-0.4, -0.2) is 17.6 Å². The molecule has 1 N–H and O–H groups in total. The van der Waals surface area contributed by atoms with Crippen LogP contribution in [0.15, 0.2) is 42.5 Å². The molecule has 0 aliphatic carbocycles. The largest absolute Gasteiger partial charge is 0.326 e. The zero-order valence-electron chi connectivity index (χ0n) is 18.9. The molecule has 31 heavy (non-hydrogen) atoms. The van der Waals surface area contributed by atoms with Gasteiger partial charge in [-0.2, -0.15) is 0 Å². The van der Waals surface area contributed by atoms with E-state index in [1.807, 2.05) is 35.2 Å². The van der Waals surface area contributed by atoms with E-state index in [1.54, 1.807) is 11.8 Å². The van der Waals surface area contributed by atoms with Crippen molar-refractivity contribution >= 4 is 35.0 Å². The molecule has 1 saturated heterocycles. The third-order valence-corrected chi connectivity index (χ3v) is 7.09. The number of nitrogens with zero attached hydrogens (tertiary/aromatic N) is 1. The number of benzene rings is 2. The first-order valence-corrected chi connectivity index (χ1v) is 12.4. The molecule has 5 heteroatoms.